The SMILES string of the molecule is CCNCCc1ccc(S(=O)(=O)Nc2ccccc2)cc1. The Balaban J connectivity index is 2.06. The summed E-state index contributed by atoms with van der Waals surface area (Å²) in [5, 5.41) is 3.24. The van der Waals surface area contributed by atoms with Gasteiger partial charge in [0.2, 0.25) is 0 Å². The molecule has 0 amide bonds. The van der Waals surface area contributed by atoms with E-state index in [0.29, 0.717) is 5.69 Å². The third kappa shape index (κ3) is 4.58. The molecule has 0 unspecified atom stereocenters. The molecule has 0 aliphatic heterocycles. The number of rotatable bonds is 7. The van der Waals surface area contributed by atoms with E-state index in [2.05, 4.69) is 17.0 Å². The Morgan fingerprint density at radius 1 is 0.952 bits per heavy atom. The second-order valence-corrected chi connectivity index (χ2v) is 6.40. The van der Waals surface area contributed by atoms with Crippen molar-refractivity contribution in [3.8, 4) is 0 Å². The number of likely N-dealkylation sites (N-methyl/N-ethyl adjacent to an activating group) is 1. The average molecular weight is 304 g/mol. The summed E-state index contributed by atoms with van der Waals surface area (Å²) in [5.41, 5.74) is 1.68. The van der Waals surface area contributed by atoms with Crippen molar-refractivity contribution in [1.82, 2.24) is 5.32 Å². The van der Waals surface area contributed by atoms with Crippen LogP contribution in [0.15, 0.2) is 59.5 Å². The van der Waals surface area contributed by atoms with Crippen molar-refractivity contribution in [3.05, 3.63) is 60.2 Å². The van der Waals surface area contributed by atoms with Crippen LogP contribution in [0.3, 0.4) is 0 Å². The zero-order valence-electron chi connectivity index (χ0n) is 12.0. The van der Waals surface area contributed by atoms with Gasteiger partial charge >= 0.3 is 0 Å². The summed E-state index contributed by atoms with van der Waals surface area (Å²) in [7, 11) is -3.52. The van der Waals surface area contributed by atoms with E-state index in [4.69, 9.17) is 0 Å². The van der Waals surface area contributed by atoms with Gasteiger partial charge in [-0.1, -0.05) is 37.3 Å². The van der Waals surface area contributed by atoms with Gasteiger partial charge in [-0.25, -0.2) is 8.42 Å². The molecule has 2 rings (SSSR count). The third-order valence-electron chi connectivity index (χ3n) is 3.10. The van der Waals surface area contributed by atoms with Gasteiger partial charge in [0.05, 0.1) is 4.90 Å². The fourth-order valence-corrected chi connectivity index (χ4v) is 3.02. The van der Waals surface area contributed by atoms with Crippen molar-refractivity contribution in [2.45, 2.75) is 18.2 Å². The highest BCUT2D eigenvalue weighted by molar-refractivity contribution is 7.92. The molecule has 0 saturated heterocycles. The highest BCUT2D eigenvalue weighted by Gasteiger charge is 2.13. The highest BCUT2D eigenvalue weighted by Crippen LogP contribution is 2.16. The minimum atomic E-state index is -3.52. The molecule has 2 aromatic carbocycles. The summed E-state index contributed by atoms with van der Waals surface area (Å²) in [4.78, 5) is 0.276. The second-order valence-electron chi connectivity index (χ2n) is 4.72. The van der Waals surface area contributed by atoms with Gasteiger partial charge in [-0.3, -0.25) is 4.72 Å². The van der Waals surface area contributed by atoms with Crippen LogP contribution < -0.4 is 10.0 Å². The summed E-state index contributed by atoms with van der Waals surface area (Å²) in [6.45, 7) is 3.89. The van der Waals surface area contributed by atoms with E-state index in [9.17, 15) is 8.42 Å². The predicted molar refractivity (Wildman–Crippen MR) is 85.9 cm³/mol. The van der Waals surface area contributed by atoms with Crippen molar-refractivity contribution < 1.29 is 8.42 Å². The maximum Gasteiger partial charge on any atom is 0.261 e. The van der Waals surface area contributed by atoms with Crippen molar-refractivity contribution in [2.24, 2.45) is 0 Å². The number of hydrogen-bond donors (Lipinski definition) is 2. The molecule has 4 nitrogen and oxygen atoms in total. The van der Waals surface area contributed by atoms with Gasteiger partial charge in [-0.05, 0) is 49.3 Å². The maximum absolute atomic E-state index is 12.2. The molecule has 0 aromatic heterocycles. The summed E-state index contributed by atoms with van der Waals surface area (Å²) in [6.07, 6.45) is 0.889. The Morgan fingerprint density at radius 2 is 1.62 bits per heavy atom. The fourth-order valence-electron chi connectivity index (χ4n) is 1.97. The first-order chi connectivity index (χ1) is 10.1. The van der Waals surface area contributed by atoms with Crippen molar-refractivity contribution in [2.75, 3.05) is 17.8 Å². The Morgan fingerprint density at radius 3 is 2.24 bits per heavy atom. The molecule has 0 saturated carbocycles. The van der Waals surface area contributed by atoms with E-state index in [1.807, 2.05) is 18.2 Å². The van der Waals surface area contributed by atoms with Gasteiger partial charge in [0, 0.05) is 5.69 Å². The van der Waals surface area contributed by atoms with E-state index < -0.39 is 10.0 Å². The number of anilines is 1. The summed E-state index contributed by atoms with van der Waals surface area (Å²) in [6, 6.07) is 15.9. The Hall–Kier alpha value is -1.85. The first-order valence-corrected chi connectivity index (χ1v) is 8.47. The quantitative estimate of drug-likeness (QED) is 0.773. The van der Waals surface area contributed by atoms with E-state index in [0.717, 1.165) is 25.1 Å². The monoisotopic (exact) mass is 304 g/mol. The number of hydrogen-bond acceptors (Lipinski definition) is 3. The molecule has 0 atom stereocenters. The Labute approximate surface area is 126 Å². The standard InChI is InChI=1S/C16H20N2O2S/c1-2-17-13-12-14-8-10-16(11-9-14)21(19,20)18-15-6-4-3-5-7-15/h3-11,17-18H,2,12-13H2,1H3. The van der Waals surface area contributed by atoms with E-state index in [-0.39, 0.29) is 4.90 Å². The normalized spacial score (nSPS) is 11.3. The van der Waals surface area contributed by atoms with Gasteiger partial charge in [0.25, 0.3) is 10.0 Å². The van der Waals surface area contributed by atoms with Crippen LogP contribution in [-0.2, 0) is 16.4 Å². The zero-order valence-corrected chi connectivity index (χ0v) is 12.9. The fraction of sp³-hybridized carbons (Fsp3) is 0.250. The Bertz CT molecular complexity index is 652. The second kappa shape index (κ2) is 7.24. The van der Waals surface area contributed by atoms with E-state index in [1.54, 1.807) is 36.4 Å². The average Bonchev–Trinajstić information content (AvgIpc) is 2.49. The van der Waals surface area contributed by atoms with Crippen LogP contribution in [0.1, 0.15) is 12.5 Å². The van der Waals surface area contributed by atoms with Gasteiger partial charge < -0.3 is 5.32 Å². The van der Waals surface area contributed by atoms with E-state index in [1.165, 1.54) is 0 Å². The predicted octanol–water partition coefficient (Wildman–Crippen LogP) is 2.64. The molecule has 0 radical (unpaired) electrons. The lowest BCUT2D eigenvalue weighted by Crippen LogP contribution is -2.16. The number of para-hydroxylation sites is 1. The third-order valence-corrected chi connectivity index (χ3v) is 4.50. The van der Waals surface area contributed by atoms with Crippen molar-refractivity contribution in [1.29, 1.82) is 0 Å². The minimum Gasteiger partial charge on any atom is -0.317 e. The maximum atomic E-state index is 12.2. The lowest BCUT2D eigenvalue weighted by molar-refractivity contribution is 0.601. The molecule has 0 aliphatic rings. The molecular weight excluding hydrogens is 284 g/mol. The van der Waals surface area contributed by atoms with Gasteiger partial charge in [-0.15, -0.1) is 0 Å². The molecule has 21 heavy (non-hydrogen) atoms. The van der Waals surface area contributed by atoms with Crippen LogP contribution >= 0.6 is 0 Å². The summed E-state index contributed by atoms with van der Waals surface area (Å²) >= 11 is 0. The molecule has 5 heteroatoms. The summed E-state index contributed by atoms with van der Waals surface area (Å²) in [5.74, 6) is 0. The molecule has 0 aliphatic carbocycles. The number of benzene rings is 2. The number of nitrogens with one attached hydrogen (secondary N) is 2. The molecule has 2 N–H and O–H groups in total. The molecule has 0 bridgehead atoms. The molecular formula is C16H20N2O2S. The van der Waals surface area contributed by atoms with Crippen molar-refractivity contribution in [3.63, 3.8) is 0 Å². The first kappa shape index (κ1) is 15.5. The minimum absolute atomic E-state index is 0.276. The molecule has 112 valence electrons. The smallest absolute Gasteiger partial charge is 0.261 e. The van der Waals surface area contributed by atoms with Crippen LogP contribution in [0, 0.1) is 0 Å². The lowest BCUT2D eigenvalue weighted by Gasteiger charge is -2.09. The molecule has 0 spiro atoms. The summed E-state index contributed by atoms with van der Waals surface area (Å²) < 4.78 is 27.1. The topological polar surface area (TPSA) is 58.2 Å². The number of sulfonamides is 1. The van der Waals surface area contributed by atoms with E-state index >= 15 is 0 Å². The van der Waals surface area contributed by atoms with Gasteiger partial charge in [0.1, 0.15) is 0 Å². The highest BCUT2D eigenvalue weighted by atomic mass is 32.2. The lowest BCUT2D eigenvalue weighted by atomic mass is 10.1. The zero-order chi connectivity index (χ0) is 15.1. The molecule has 0 fully saturated rings. The van der Waals surface area contributed by atoms with Crippen LogP contribution in [-0.4, -0.2) is 21.5 Å². The van der Waals surface area contributed by atoms with Crippen LogP contribution in [0.25, 0.3) is 0 Å². The van der Waals surface area contributed by atoms with Crippen molar-refractivity contribution >= 4 is 15.7 Å². The largest absolute Gasteiger partial charge is 0.317 e. The van der Waals surface area contributed by atoms with Crippen LogP contribution in [0.4, 0.5) is 5.69 Å². The van der Waals surface area contributed by atoms with Gasteiger partial charge in [-0.2, -0.15) is 0 Å². The first-order valence-electron chi connectivity index (χ1n) is 6.99. The van der Waals surface area contributed by atoms with Gasteiger partial charge in [0.15, 0.2) is 0 Å². The van der Waals surface area contributed by atoms with Crippen LogP contribution in [0.2, 0.25) is 0 Å². The molecule has 2 aromatic rings. The molecule has 0 heterocycles. The Kier molecular flexibility index (Phi) is 5.36. The van der Waals surface area contributed by atoms with Crippen LogP contribution in [0.5, 0.6) is 0 Å².